The standard InChI is InChI=1S/C19H17N5O4S/c1-2-29(27,28)22-10-12-8-15(22)17-18(25)24(19(26)23(12)17)14-6-5-11(9-20)16-13(14)4-3-7-21-16/h3-7,12,15,17H,2,8,10H2,1H3/t12?,15?,17-/m1/s1. The summed E-state index contributed by atoms with van der Waals surface area (Å²) in [5.74, 6) is -0.478. The quantitative estimate of drug-likeness (QED) is 0.698. The fourth-order valence-electron chi connectivity index (χ4n) is 4.77. The van der Waals surface area contributed by atoms with Gasteiger partial charge in [0, 0.05) is 24.2 Å². The smallest absolute Gasteiger partial charge is 0.306 e. The molecule has 2 aromatic rings. The molecule has 0 N–H and O–H groups in total. The minimum atomic E-state index is -3.46. The Morgan fingerprint density at radius 3 is 2.79 bits per heavy atom. The van der Waals surface area contributed by atoms with Gasteiger partial charge in [-0.25, -0.2) is 18.1 Å². The van der Waals surface area contributed by atoms with Crippen LogP contribution in [0.3, 0.4) is 0 Å². The lowest BCUT2D eigenvalue weighted by atomic mass is 10.1. The number of urea groups is 1. The number of piperazine rings is 1. The van der Waals surface area contributed by atoms with Crippen LogP contribution >= 0.6 is 0 Å². The molecule has 1 aromatic carbocycles. The Hall–Kier alpha value is -3.03. The van der Waals surface area contributed by atoms with Gasteiger partial charge in [-0.05, 0) is 37.6 Å². The van der Waals surface area contributed by atoms with Gasteiger partial charge in [0.15, 0.2) is 0 Å². The maximum absolute atomic E-state index is 13.3. The Balaban J connectivity index is 1.60. The predicted octanol–water partition coefficient (Wildman–Crippen LogP) is 1.05. The van der Waals surface area contributed by atoms with Gasteiger partial charge in [-0.15, -0.1) is 0 Å². The Morgan fingerprint density at radius 2 is 2.07 bits per heavy atom. The number of fused-ring (bicyclic) bond motifs is 6. The molecule has 0 radical (unpaired) electrons. The average Bonchev–Trinajstić information content (AvgIpc) is 3.39. The SMILES string of the molecule is CCS(=O)(=O)N1CC2CC1[C@@H]1C(=O)N(c3ccc(C#N)c4ncccc34)C(=O)N21. The normalized spacial score (nSPS) is 26.4. The molecule has 10 heteroatoms. The first-order valence-electron chi connectivity index (χ1n) is 9.32. The molecule has 3 saturated heterocycles. The van der Waals surface area contributed by atoms with Crippen LogP contribution in [-0.2, 0) is 14.8 Å². The van der Waals surface area contributed by atoms with E-state index in [1.54, 1.807) is 31.3 Å². The summed E-state index contributed by atoms with van der Waals surface area (Å²) in [6, 6.07) is 6.47. The van der Waals surface area contributed by atoms with Gasteiger partial charge in [-0.1, -0.05) is 0 Å². The molecule has 3 aliphatic rings. The first kappa shape index (κ1) is 18.0. The molecule has 3 fully saturated rings. The van der Waals surface area contributed by atoms with E-state index in [9.17, 15) is 23.3 Å². The first-order chi connectivity index (χ1) is 13.9. The largest absolute Gasteiger partial charge is 0.332 e. The highest BCUT2D eigenvalue weighted by atomic mass is 32.2. The van der Waals surface area contributed by atoms with E-state index >= 15 is 0 Å². The minimum absolute atomic E-state index is 0.0410. The van der Waals surface area contributed by atoms with Crippen LogP contribution in [0.2, 0.25) is 0 Å². The summed E-state index contributed by atoms with van der Waals surface area (Å²) in [6.07, 6.45) is 2.03. The van der Waals surface area contributed by atoms with E-state index in [-0.39, 0.29) is 18.3 Å². The average molecular weight is 411 g/mol. The molecule has 0 saturated carbocycles. The highest BCUT2D eigenvalue weighted by Crippen LogP contribution is 2.44. The molecular formula is C19H17N5O4S. The third kappa shape index (κ3) is 2.28. The molecule has 4 heterocycles. The highest BCUT2D eigenvalue weighted by Gasteiger charge is 2.63. The van der Waals surface area contributed by atoms with Crippen molar-refractivity contribution in [2.75, 3.05) is 17.2 Å². The molecule has 29 heavy (non-hydrogen) atoms. The number of hydrogen-bond acceptors (Lipinski definition) is 6. The number of sulfonamides is 1. The predicted molar refractivity (Wildman–Crippen MR) is 103 cm³/mol. The van der Waals surface area contributed by atoms with Crippen LogP contribution in [0.1, 0.15) is 18.9 Å². The summed E-state index contributed by atoms with van der Waals surface area (Å²) in [5.41, 5.74) is 1.13. The van der Waals surface area contributed by atoms with Crippen molar-refractivity contribution in [3.8, 4) is 6.07 Å². The number of anilines is 1. The van der Waals surface area contributed by atoms with Gasteiger partial charge in [0.25, 0.3) is 5.91 Å². The topological polar surface area (TPSA) is 115 Å². The number of aromatic nitrogens is 1. The van der Waals surface area contributed by atoms with E-state index in [1.807, 2.05) is 0 Å². The van der Waals surface area contributed by atoms with Crippen molar-refractivity contribution in [3.63, 3.8) is 0 Å². The second-order valence-electron chi connectivity index (χ2n) is 7.38. The molecule has 1 aromatic heterocycles. The minimum Gasteiger partial charge on any atom is -0.306 e. The van der Waals surface area contributed by atoms with Crippen LogP contribution in [0.4, 0.5) is 10.5 Å². The van der Waals surface area contributed by atoms with E-state index in [0.717, 1.165) is 4.90 Å². The molecule has 2 unspecified atom stereocenters. The molecule has 3 amide bonds. The van der Waals surface area contributed by atoms with E-state index in [1.165, 1.54) is 15.3 Å². The molecule has 0 spiro atoms. The number of nitrogens with zero attached hydrogens (tertiary/aromatic N) is 5. The first-order valence-corrected chi connectivity index (χ1v) is 10.9. The van der Waals surface area contributed by atoms with Crippen LogP contribution in [0.15, 0.2) is 30.5 Å². The third-order valence-electron chi connectivity index (χ3n) is 6.05. The lowest BCUT2D eigenvalue weighted by molar-refractivity contribution is -0.120. The molecule has 3 aliphatic heterocycles. The summed E-state index contributed by atoms with van der Waals surface area (Å²) in [5, 5.41) is 9.85. The van der Waals surface area contributed by atoms with Gasteiger partial charge in [-0.3, -0.25) is 9.78 Å². The van der Waals surface area contributed by atoms with Crippen molar-refractivity contribution in [1.82, 2.24) is 14.2 Å². The van der Waals surface area contributed by atoms with Gasteiger partial charge in [-0.2, -0.15) is 9.57 Å². The number of rotatable bonds is 3. The zero-order valence-electron chi connectivity index (χ0n) is 15.5. The maximum Gasteiger partial charge on any atom is 0.332 e. The summed E-state index contributed by atoms with van der Waals surface area (Å²) < 4.78 is 26.2. The van der Waals surface area contributed by atoms with Crippen LogP contribution in [-0.4, -0.2) is 65.0 Å². The Labute approximate surface area is 167 Å². The third-order valence-corrected chi connectivity index (χ3v) is 7.91. The number of pyridine rings is 1. The lowest BCUT2D eigenvalue weighted by Crippen LogP contribution is -2.55. The highest BCUT2D eigenvalue weighted by molar-refractivity contribution is 7.89. The van der Waals surface area contributed by atoms with Crippen LogP contribution in [0, 0.1) is 11.3 Å². The van der Waals surface area contributed by atoms with Gasteiger partial charge < -0.3 is 4.90 Å². The molecule has 0 aliphatic carbocycles. The lowest BCUT2D eigenvalue weighted by Gasteiger charge is -2.33. The number of hydrogen-bond donors (Lipinski definition) is 0. The summed E-state index contributed by atoms with van der Waals surface area (Å²) in [4.78, 5) is 33.4. The van der Waals surface area contributed by atoms with E-state index in [0.29, 0.717) is 28.6 Å². The Morgan fingerprint density at radius 1 is 1.28 bits per heavy atom. The van der Waals surface area contributed by atoms with Gasteiger partial charge in [0.2, 0.25) is 10.0 Å². The van der Waals surface area contributed by atoms with Gasteiger partial charge in [0.05, 0.1) is 28.6 Å². The molecule has 9 nitrogen and oxygen atoms in total. The van der Waals surface area contributed by atoms with E-state index < -0.39 is 34.0 Å². The summed E-state index contributed by atoms with van der Waals surface area (Å²) in [6.45, 7) is 1.79. The van der Waals surface area contributed by atoms with Crippen molar-refractivity contribution in [2.45, 2.75) is 31.5 Å². The molecule has 2 bridgehead atoms. The molecule has 5 rings (SSSR count). The van der Waals surface area contributed by atoms with Crippen molar-refractivity contribution >= 4 is 38.6 Å². The number of imide groups is 1. The zero-order valence-corrected chi connectivity index (χ0v) is 16.3. The van der Waals surface area contributed by atoms with Crippen molar-refractivity contribution in [3.05, 3.63) is 36.0 Å². The number of nitriles is 1. The molecule has 3 atom stereocenters. The second kappa shape index (κ2) is 5.98. The van der Waals surface area contributed by atoms with Gasteiger partial charge >= 0.3 is 6.03 Å². The van der Waals surface area contributed by atoms with E-state index in [4.69, 9.17) is 0 Å². The number of amides is 3. The zero-order chi connectivity index (χ0) is 20.5. The van der Waals surface area contributed by atoms with Crippen molar-refractivity contribution in [2.24, 2.45) is 0 Å². The van der Waals surface area contributed by atoms with Crippen molar-refractivity contribution < 1.29 is 18.0 Å². The Bertz CT molecular complexity index is 1220. The second-order valence-corrected chi connectivity index (χ2v) is 9.59. The molecular weight excluding hydrogens is 394 g/mol. The number of carbonyl (C=O) groups is 2. The van der Waals surface area contributed by atoms with Crippen molar-refractivity contribution in [1.29, 1.82) is 5.26 Å². The molecule has 148 valence electrons. The number of carbonyl (C=O) groups excluding carboxylic acids is 2. The van der Waals surface area contributed by atoms with Crippen LogP contribution in [0.5, 0.6) is 0 Å². The van der Waals surface area contributed by atoms with Gasteiger partial charge in [0.1, 0.15) is 12.1 Å². The van der Waals surface area contributed by atoms with Crippen LogP contribution in [0.25, 0.3) is 10.9 Å². The Kier molecular flexibility index (Phi) is 3.72. The summed E-state index contributed by atoms with van der Waals surface area (Å²) in [7, 11) is -3.46. The fraction of sp³-hybridized carbons (Fsp3) is 0.368. The van der Waals surface area contributed by atoms with Crippen LogP contribution < -0.4 is 4.90 Å². The fourth-order valence-corrected chi connectivity index (χ4v) is 6.11. The number of benzene rings is 1. The summed E-state index contributed by atoms with van der Waals surface area (Å²) >= 11 is 0. The monoisotopic (exact) mass is 411 g/mol. The van der Waals surface area contributed by atoms with E-state index in [2.05, 4.69) is 11.1 Å². The maximum atomic E-state index is 13.3.